The molecule has 0 N–H and O–H groups in total. The van der Waals surface area contributed by atoms with Crippen LogP contribution in [-0.4, -0.2) is 9.52 Å². The van der Waals surface area contributed by atoms with Crippen molar-refractivity contribution in [1.29, 1.82) is 0 Å². The monoisotopic (exact) mass is 464 g/mol. The molecule has 0 atom stereocenters. The van der Waals surface area contributed by atoms with Crippen LogP contribution in [0.1, 0.15) is 108 Å². The maximum Gasteiger partial charge on any atom is 0.131 e. The van der Waals surface area contributed by atoms with Gasteiger partial charge in [0.05, 0.1) is 0 Å². The molecule has 33 heavy (non-hydrogen) atoms. The van der Waals surface area contributed by atoms with E-state index in [1.54, 1.807) is 0 Å². The van der Waals surface area contributed by atoms with Crippen LogP contribution in [0, 0.1) is 11.7 Å². The van der Waals surface area contributed by atoms with Crippen molar-refractivity contribution in [1.82, 2.24) is 0 Å². The minimum atomic E-state index is -0.0442. The molecule has 2 aliphatic rings. The van der Waals surface area contributed by atoms with Crippen molar-refractivity contribution in [2.75, 3.05) is 0 Å². The normalized spacial score (nSPS) is 26.5. The Morgan fingerprint density at radius 1 is 0.879 bits per heavy atom. The van der Waals surface area contributed by atoms with Gasteiger partial charge in [-0.25, -0.2) is 4.39 Å². The zero-order valence-electron chi connectivity index (χ0n) is 21.2. The third-order valence-corrected chi connectivity index (χ3v) is 10.6. The van der Waals surface area contributed by atoms with Gasteiger partial charge in [-0.3, -0.25) is 0 Å². The van der Waals surface area contributed by atoms with E-state index in [1.807, 2.05) is 12.1 Å². The number of hydrogen-bond acceptors (Lipinski definition) is 0. The summed E-state index contributed by atoms with van der Waals surface area (Å²) in [7, 11) is 0.183. The highest BCUT2D eigenvalue weighted by atomic mass is 28.2. The maximum atomic E-state index is 15.2. The molecule has 4 rings (SSSR count). The first-order chi connectivity index (χ1) is 16.1. The summed E-state index contributed by atoms with van der Waals surface area (Å²) in [6.45, 7) is 4.59. The zero-order valence-corrected chi connectivity index (χ0v) is 22.6. The fraction of sp³-hybridized carbons (Fsp3) is 0.613. The Hall–Kier alpha value is -1.41. The molecule has 0 spiro atoms. The third kappa shape index (κ3) is 5.99. The highest BCUT2D eigenvalue weighted by Crippen LogP contribution is 2.43. The van der Waals surface area contributed by atoms with E-state index in [4.69, 9.17) is 0 Å². The lowest BCUT2D eigenvalue weighted by atomic mass is 9.71. The van der Waals surface area contributed by atoms with Gasteiger partial charge in [-0.2, -0.15) is 0 Å². The molecule has 0 amide bonds. The lowest BCUT2D eigenvalue weighted by Crippen LogP contribution is -2.30. The summed E-state index contributed by atoms with van der Waals surface area (Å²) in [5.74, 6) is 1.39. The van der Waals surface area contributed by atoms with Crippen molar-refractivity contribution in [2.24, 2.45) is 5.92 Å². The number of unbranched alkanes of at least 4 members (excludes halogenated alkanes) is 2. The molecule has 1 saturated heterocycles. The second-order valence-corrected chi connectivity index (χ2v) is 13.2. The van der Waals surface area contributed by atoms with E-state index in [9.17, 15) is 0 Å². The van der Waals surface area contributed by atoms with Crippen LogP contribution in [0.3, 0.4) is 0 Å². The Labute approximate surface area is 204 Å². The van der Waals surface area contributed by atoms with Gasteiger partial charge < -0.3 is 0 Å². The molecule has 2 aromatic rings. The summed E-state index contributed by atoms with van der Waals surface area (Å²) in [5.41, 5.74) is 4.91. The average Bonchev–Trinajstić information content (AvgIpc) is 2.86. The molecule has 2 fully saturated rings. The molecule has 2 heteroatoms. The van der Waals surface area contributed by atoms with Crippen molar-refractivity contribution in [3.05, 3.63) is 59.4 Å². The number of benzene rings is 2. The number of halogens is 1. The predicted molar refractivity (Wildman–Crippen MR) is 145 cm³/mol. The second-order valence-electron chi connectivity index (χ2n) is 11.1. The Kier molecular flexibility index (Phi) is 8.85. The van der Waals surface area contributed by atoms with Gasteiger partial charge in [-0.05, 0) is 85.0 Å². The van der Waals surface area contributed by atoms with Crippen molar-refractivity contribution in [2.45, 2.75) is 114 Å². The van der Waals surface area contributed by atoms with Crippen LogP contribution >= 0.6 is 0 Å². The summed E-state index contributed by atoms with van der Waals surface area (Å²) in [5, 5.41) is 0. The highest BCUT2D eigenvalue weighted by molar-refractivity contribution is 6.35. The smallest absolute Gasteiger partial charge is 0.131 e. The van der Waals surface area contributed by atoms with Crippen LogP contribution in [0.2, 0.25) is 12.1 Å². The predicted octanol–water partition coefficient (Wildman–Crippen LogP) is 9.18. The van der Waals surface area contributed by atoms with Gasteiger partial charge in [0.25, 0.3) is 0 Å². The van der Waals surface area contributed by atoms with Crippen LogP contribution < -0.4 is 0 Å². The summed E-state index contributed by atoms with van der Waals surface area (Å²) in [6, 6.07) is 18.1. The van der Waals surface area contributed by atoms with Gasteiger partial charge in [0.15, 0.2) is 0 Å². The first kappa shape index (κ1) is 24.7. The van der Waals surface area contributed by atoms with E-state index in [0.29, 0.717) is 11.3 Å². The van der Waals surface area contributed by atoms with Crippen molar-refractivity contribution in [3.63, 3.8) is 0 Å². The van der Waals surface area contributed by atoms with E-state index >= 15 is 4.39 Å². The summed E-state index contributed by atoms with van der Waals surface area (Å²) in [4.78, 5) is 0. The quantitative estimate of drug-likeness (QED) is 0.256. The Morgan fingerprint density at radius 3 is 2.24 bits per heavy atom. The standard InChI is InChI=1S/C31H45FSi/c1-3-5-6-18-31(19-21-33-22-20-31)28-15-12-26(13-16-28)29-17-14-27(23-30(29)32)25-10-8-24(7-4-2)9-11-25/h12-17,23-25H,3-11,18-22,33H2,1-2H3/t24-,25-. The van der Waals surface area contributed by atoms with Gasteiger partial charge in [-0.15, -0.1) is 0 Å². The van der Waals surface area contributed by atoms with Gasteiger partial charge >= 0.3 is 0 Å². The summed E-state index contributed by atoms with van der Waals surface area (Å²) >= 11 is 0. The summed E-state index contributed by atoms with van der Waals surface area (Å²) in [6.07, 6.45) is 15.8. The first-order valence-corrected chi connectivity index (χ1v) is 16.1. The Morgan fingerprint density at radius 2 is 1.61 bits per heavy atom. The van der Waals surface area contributed by atoms with Crippen molar-refractivity contribution >= 4 is 9.52 Å². The summed E-state index contributed by atoms with van der Waals surface area (Å²) < 4.78 is 15.2. The van der Waals surface area contributed by atoms with E-state index in [-0.39, 0.29) is 15.3 Å². The zero-order chi connectivity index (χ0) is 23.1. The largest absolute Gasteiger partial charge is 0.206 e. The molecular formula is C31H45FSi. The van der Waals surface area contributed by atoms with Gasteiger partial charge in [0.2, 0.25) is 0 Å². The van der Waals surface area contributed by atoms with Crippen LogP contribution in [-0.2, 0) is 5.41 Å². The van der Waals surface area contributed by atoms with E-state index in [0.717, 1.165) is 17.0 Å². The number of rotatable bonds is 9. The Balaban J connectivity index is 1.47. The minimum Gasteiger partial charge on any atom is -0.206 e. The average molecular weight is 465 g/mol. The van der Waals surface area contributed by atoms with Crippen LogP contribution in [0.4, 0.5) is 4.39 Å². The van der Waals surface area contributed by atoms with E-state index < -0.39 is 0 Å². The lowest BCUT2D eigenvalue weighted by Gasteiger charge is -2.38. The fourth-order valence-corrected chi connectivity index (χ4v) is 9.05. The third-order valence-electron chi connectivity index (χ3n) is 8.89. The molecule has 0 nitrogen and oxygen atoms in total. The molecule has 0 aromatic heterocycles. The Bertz CT molecular complexity index is 857. The highest BCUT2D eigenvalue weighted by Gasteiger charge is 2.33. The van der Waals surface area contributed by atoms with Gasteiger partial charge in [0, 0.05) is 15.1 Å². The lowest BCUT2D eigenvalue weighted by molar-refractivity contribution is 0.308. The van der Waals surface area contributed by atoms with Crippen LogP contribution in [0.5, 0.6) is 0 Å². The van der Waals surface area contributed by atoms with Crippen LogP contribution in [0.25, 0.3) is 11.1 Å². The molecule has 1 aliphatic heterocycles. The van der Waals surface area contributed by atoms with Crippen molar-refractivity contribution in [3.8, 4) is 11.1 Å². The van der Waals surface area contributed by atoms with Crippen LogP contribution in [0.15, 0.2) is 42.5 Å². The maximum absolute atomic E-state index is 15.2. The molecule has 1 aliphatic carbocycles. The molecule has 1 saturated carbocycles. The van der Waals surface area contributed by atoms with E-state index in [1.165, 1.54) is 100 Å². The molecular weight excluding hydrogens is 419 g/mol. The topological polar surface area (TPSA) is 0 Å². The first-order valence-electron chi connectivity index (χ1n) is 14.1. The minimum absolute atomic E-state index is 0.0442. The molecule has 0 bridgehead atoms. The molecule has 180 valence electrons. The van der Waals surface area contributed by atoms with E-state index in [2.05, 4.69) is 44.2 Å². The fourth-order valence-electron chi connectivity index (χ4n) is 6.84. The van der Waals surface area contributed by atoms with Crippen molar-refractivity contribution < 1.29 is 4.39 Å². The molecule has 0 unspecified atom stereocenters. The van der Waals surface area contributed by atoms with Gasteiger partial charge in [-0.1, -0.05) is 94.4 Å². The SMILES string of the molecule is CCCCCC1(c2ccc(-c3ccc([C@H]4CC[C@H](CCC)CC4)cc3F)cc2)CC[SiH2]CC1. The molecule has 1 heterocycles. The molecule has 2 aromatic carbocycles. The second kappa shape index (κ2) is 11.8. The van der Waals surface area contributed by atoms with Gasteiger partial charge in [0.1, 0.15) is 5.82 Å². The molecule has 0 radical (unpaired) electrons. The number of hydrogen-bond donors (Lipinski definition) is 0.